The average Bonchev–Trinajstić information content (AvgIpc) is 3.00. The second kappa shape index (κ2) is 6.53. The lowest BCUT2D eigenvalue weighted by Gasteiger charge is -2.17. The second-order valence-corrected chi connectivity index (χ2v) is 5.83. The van der Waals surface area contributed by atoms with Crippen molar-refractivity contribution >= 4 is 23.2 Å². The number of benzene rings is 2. The molecule has 5 heteroatoms. The molecular formula is C17H14Cl2N2O. The minimum atomic E-state index is -0.655. The van der Waals surface area contributed by atoms with E-state index < -0.39 is 6.10 Å². The zero-order valence-electron chi connectivity index (χ0n) is 11.7. The van der Waals surface area contributed by atoms with Gasteiger partial charge in [0.1, 0.15) is 0 Å². The Kier molecular flexibility index (Phi) is 4.48. The van der Waals surface area contributed by atoms with Crippen LogP contribution in [0.2, 0.25) is 10.0 Å². The van der Waals surface area contributed by atoms with Crippen LogP contribution in [-0.4, -0.2) is 14.7 Å². The van der Waals surface area contributed by atoms with E-state index in [0.29, 0.717) is 16.6 Å². The van der Waals surface area contributed by atoms with Gasteiger partial charge >= 0.3 is 0 Å². The Morgan fingerprint density at radius 2 is 1.91 bits per heavy atom. The van der Waals surface area contributed by atoms with Gasteiger partial charge in [-0.1, -0.05) is 53.5 Å². The highest BCUT2D eigenvalue weighted by Gasteiger charge is 2.15. The summed E-state index contributed by atoms with van der Waals surface area (Å²) in [5.74, 6) is 0. The van der Waals surface area contributed by atoms with Crippen molar-refractivity contribution in [2.24, 2.45) is 0 Å². The predicted octanol–water partition coefficient (Wildman–Crippen LogP) is 4.59. The monoisotopic (exact) mass is 332 g/mol. The van der Waals surface area contributed by atoms with Gasteiger partial charge < -0.3 is 9.67 Å². The summed E-state index contributed by atoms with van der Waals surface area (Å²) in [5.41, 5.74) is 2.57. The van der Waals surface area contributed by atoms with E-state index >= 15 is 0 Å². The minimum absolute atomic E-state index is 0.433. The fourth-order valence-electron chi connectivity index (χ4n) is 2.43. The van der Waals surface area contributed by atoms with E-state index in [2.05, 4.69) is 4.98 Å². The van der Waals surface area contributed by atoms with Crippen molar-refractivity contribution in [3.05, 3.63) is 76.8 Å². The van der Waals surface area contributed by atoms with Crippen LogP contribution in [0.25, 0.3) is 11.1 Å². The van der Waals surface area contributed by atoms with E-state index in [0.717, 1.165) is 16.7 Å². The molecule has 0 fully saturated rings. The van der Waals surface area contributed by atoms with Crippen molar-refractivity contribution < 1.29 is 5.11 Å². The Hall–Kier alpha value is -1.81. The first-order chi connectivity index (χ1) is 10.6. The molecule has 1 N–H and O–H groups in total. The quantitative estimate of drug-likeness (QED) is 0.758. The van der Waals surface area contributed by atoms with Crippen molar-refractivity contribution in [2.75, 3.05) is 0 Å². The van der Waals surface area contributed by atoms with Crippen LogP contribution in [0.4, 0.5) is 0 Å². The van der Waals surface area contributed by atoms with Crippen LogP contribution in [-0.2, 0) is 6.54 Å². The number of aliphatic hydroxyl groups is 1. The number of aliphatic hydroxyl groups excluding tert-OH is 1. The lowest BCUT2D eigenvalue weighted by atomic mass is 9.96. The van der Waals surface area contributed by atoms with E-state index in [-0.39, 0.29) is 0 Å². The first-order valence-corrected chi connectivity index (χ1v) is 7.59. The highest BCUT2D eigenvalue weighted by molar-refractivity contribution is 6.36. The Labute approximate surface area is 138 Å². The van der Waals surface area contributed by atoms with Gasteiger partial charge in [-0.3, -0.25) is 0 Å². The van der Waals surface area contributed by atoms with E-state index in [9.17, 15) is 5.11 Å². The molecule has 0 saturated carbocycles. The Bertz CT molecular complexity index is 772. The summed E-state index contributed by atoms with van der Waals surface area (Å²) in [5, 5.41) is 11.7. The van der Waals surface area contributed by atoms with Gasteiger partial charge in [0.25, 0.3) is 0 Å². The predicted molar refractivity (Wildman–Crippen MR) is 89.1 cm³/mol. The van der Waals surface area contributed by atoms with E-state index in [1.165, 1.54) is 0 Å². The van der Waals surface area contributed by atoms with Gasteiger partial charge in [-0.2, -0.15) is 0 Å². The summed E-state index contributed by atoms with van der Waals surface area (Å²) in [7, 11) is 0. The van der Waals surface area contributed by atoms with E-state index in [4.69, 9.17) is 23.2 Å². The van der Waals surface area contributed by atoms with Crippen LogP contribution in [0.5, 0.6) is 0 Å². The Morgan fingerprint density at radius 1 is 1.09 bits per heavy atom. The van der Waals surface area contributed by atoms with Crippen molar-refractivity contribution in [3.8, 4) is 11.1 Å². The fourth-order valence-corrected chi connectivity index (χ4v) is 2.94. The van der Waals surface area contributed by atoms with Crippen LogP contribution in [0, 0.1) is 0 Å². The maximum absolute atomic E-state index is 10.6. The van der Waals surface area contributed by atoms with Crippen molar-refractivity contribution in [2.45, 2.75) is 12.6 Å². The van der Waals surface area contributed by atoms with Crippen LogP contribution < -0.4 is 0 Å². The largest absolute Gasteiger partial charge is 0.387 e. The Balaban J connectivity index is 1.99. The van der Waals surface area contributed by atoms with Crippen LogP contribution in [0.1, 0.15) is 11.7 Å². The highest BCUT2D eigenvalue weighted by atomic mass is 35.5. The van der Waals surface area contributed by atoms with Crippen molar-refractivity contribution in [3.63, 3.8) is 0 Å². The molecule has 22 heavy (non-hydrogen) atoms. The number of nitrogens with zero attached hydrogens (tertiary/aromatic N) is 2. The lowest BCUT2D eigenvalue weighted by Crippen LogP contribution is -2.08. The van der Waals surface area contributed by atoms with E-state index in [1.54, 1.807) is 24.7 Å². The summed E-state index contributed by atoms with van der Waals surface area (Å²) in [6.07, 6.45) is 4.54. The highest BCUT2D eigenvalue weighted by Crippen LogP contribution is 2.35. The number of halogens is 2. The molecule has 1 aromatic heterocycles. The summed E-state index contributed by atoms with van der Waals surface area (Å²) >= 11 is 12.3. The maximum Gasteiger partial charge on any atom is 0.0975 e. The topological polar surface area (TPSA) is 38.0 Å². The summed E-state index contributed by atoms with van der Waals surface area (Å²) in [6.45, 7) is 0.433. The molecule has 0 aliphatic carbocycles. The van der Waals surface area contributed by atoms with E-state index in [1.807, 2.05) is 41.1 Å². The number of hydrogen-bond donors (Lipinski definition) is 1. The number of imidazole rings is 1. The standard InChI is InChI=1S/C17H14Cl2N2O/c18-12-5-6-14(16(19)9-12)13-3-1-2-4-15(13)17(22)10-21-8-7-20-11-21/h1-9,11,17,22H,10H2. The van der Waals surface area contributed by atoms with Gasteiger partial charge in [0.05, 0.1) is 19.0 Å². The molecule has 3 rings (SSSR count). The lowest BCUT2D eigenvalue weighted by molar-refractivity contribution is 0.157. The van der Waals surface area contributed by atoms with Gasteiger partial charge in [-0.15, -0.1) is 0 Å². The molecule has 1 unspecified atom stereocenters. The number of hydrogen-bond acceptors (Lipinski definition) is 2. The number of rotatable bonds is 4. The summed E-state index contributed by atoms with van der Waals surface area (Å²) < 4.78 is 1.84. The molecule has 0 amide bonds. The molecule has 0 aliphatic rings. The van der Waals surface area contributed by atoms with Crippen LogP contribution in [0.15, 0.2) is 61.2 Å². The third-order valence-corrected chi connectivity index (χ3v) is 4.03. The van der Waals surface area contributed by atoms with Crippen molar-refractivity contribution in [1.82, 2.24) is 9.55 Å². The van der Waals surface area contributed by atoms with Gasteiger partial charge in [0.2, 0.25) is 0 Å². The normalized spacial score (nSPS) is 12.3. The molecule has 0 bridgehead atoms. The fraction of sp³-hybridized carbons (Fsp3) is 0.118. The SMILES string of the molecule is OC(Cn1ccnc1)c1ccccc1-c1ccc(Cl)cc1Cl. The van der Waals surface area contributed by atoms with Gasteiger partial charge in [0, 0.05) is 28.0 Å². The zero-order chi connectivity index (χ0) is 15.5. The molecule has 1 heterocycles. The molecule has 2 aromatic carbocycles. The summed E-state index contributed by atoms with van der Waals surface area (Å²) in [6, 6.07) is 13.0. The first kappa shape index (κ1) is 15.1. The third kappa shape index (κ3) is 3.17. The molecule has 0 spiro atoms. The third-order valence-electron chi connectivity index (χ3n) is 3.48. The first-order valence-electron chi connectivity index (χ1n) is 6.83. The second-order valence-electron chi connectivity index (χ2n) is 4.99. The smallest absolute Gasteiger partial charge is 0.0975 e. The maximum atomic E-state index is 10.6. The molecule has 0 saturated heterocycles. The zero-order valence-corrected chi connectivity index (χ0v) is 13.2. The molecule has 0 radical (unpaired) electrons. The van der Waals surface area contributed by atoms with Gasteiger partial charge in [-0.25, -0.2) is 4.98 Å². The van der Waals surface area contributed by atoms with Crippen LogP contribution in [0.3, 0.4) is 0 Å². The Morgan fingerprint density at radius 3 is 2.64 bits per heavy atom. The molecule has 3 aromatic rings. The average molecular weight is 333 g/mol. The molecule has 1 atom stereocenters. The molecular weight excluding hydrogens is 319 g/mol. The van der Waals surface area contributed by atoms with Crippen molar-refractivity contribution in [1.29, 1.82) is 0 Å². The van der Waals surface area contributed by atoms with Gasteiger partial charge in [0.15, 0.2) is 0 Å². The molecule has 112 valence electrons. The minimum Gasteiger partial charge on any atom is -0.387 e. The summed E-state index contributed by atoms with van der Waals surface area (Å²) in [4.78, 5) is 3.99. The van der Waals surface area contributed by atoms with Gasteiger partial charge in [-0.05, 0) is 23.3 Å². The number of aromatic nitrogens is 2. The molecule has 3 nitrogen and oxygen atoms in total. The molecule has 0 aliphatic heterocycles. The van der Waals surface area contributed by atoms with Crippen LogP contribution >= 0.6 is 23.2 Å².